The first-order valence-corrected chi connectivity index (χ1v) is 7.42. The molecule has 0 aliphatic heterocycles. The zero-order valence-electron chi connectivity index (χ0n) is 11.8. The Bertz CT molecular complexity index is 687. The minimum absolute atomic E-state index is 0.149. The number of hydrogen-bond donors (Lipinski definition) is 1. The second-order valence-electron chi connectivity index (χ2n) is 4.56. The number of carbonyl (C=O) groups excluding carboxylic acids is 2. The Kier molecular flexibility index (Phi) is 5.41. The molecule has 1 N–H and O–H groups in total. The second kappa shape index (κ2) is 7.29. The molecule has 0 atom stereocenters. The number of benzene rings is 2. The molecule has 0 heterocycles. The van der Waals surface area contributed by atoms with E-state index in [9.17, 15) is 9.59 Å². The fourth-order valence-electron chi connectivity index (χ4n) is 1.91. The lowest BCUT2D eigenvalue weighted by Crippen LogP contribution is -2.29. The van der Waals surface area contributed by atoms with Crippen LogP contribution in [-0.4, -0.2) is 24.7 Å². The van der Waals surface area contributed by atoms with Crippen LogP contribution in [0.2, 0.25) is 5.02 Å². The molecule has 0 unspecified atom stereocenters. The molecule has 2 rings (SSSR count). The molecule has 0 fully saturated rings. The van der Waals surface area contributed by atoms with E-state index in [2.05, 4.69) is 5.32 Å². The predicted octanol–water partition coefficient (Wildman–Crippen LogP) is 3.79. The fraction of sp³-hybridized carbons (Fsp3) is 0.125. The Hall–Kier alpha value is -2.04. The van der Waals surface area contributed by atoms with Crippen molar-refractivity contribution in [3.63, 3.8) is 0 Å². The van der Waals surface area contributed by atoms with Crippen molar-refractivity contribution in [1.82, 2.24) is 0 Å². The van der Waals surface area contributed by atoms with Gasteiger partial charge in [0, 0.05) is 17.8 Å². The normalized spacial score (nSPS) is 10.1. The molecule has 4 nitrogen and oxygen atoms in total. The van der Waals surface area contributed by atoms with Gasteiger partial charge in [0.15, 0.2) is 0 Å². The molecule has 0 saturated carbocycles. The minimum atomic E-state index is -0.313. The van der Waals surface area contributed by atoms with E-state index < -0.39 is 0 Å². The summed E-state index contributed by atoms with van der Waals surface area (Å²) in [6.45, 7) is 0. The molecule has 0 aliphatic rings. The molecule has 0 aliphatic carbocycles. The van der Waals surface area contributed by atoms with Gasteiger partial charge in [0.2, 0.25) is 5.91 Å². The summed E-state index contributed by atoms with van der Waals surface area (Å²) in [7, 11) is 1.58. The molecule has 6 heteroatoms. The molecule has 0 bridgehead atoms. The molecule has 0 aromatic heterocycles. The number of amides is 2. The lowest BCUT2D eigenvalue weighted by atomic mass is 10.1. The largest absolute Gasteiger partial charge is 0.322 e. The Morgan fingerprint density at radius 2 is 1.73 bits per heavy atom. The van der Waals surface area contributed by atoms with Gasteiger partial charge in [0.1, 0.15) is 5.88 Å². The summed E-state index contributed by atoms with van der Waals surface area (Å²) in [6.07, 6.45) is 0. The Morgan fingerprint density at radius 1 is 1.09 bits per heavy atom. The van der Waals surface area contributed by atoms with Crippen LogP contribution in [0.4, 0.5) is 11.4 Å². The molecule has 114 valence electrons. The molecule has 2 aromatic carbocycles. The topological polar surface area (TPSA) is 49.4 Å². The highest BCUT2D eigenvalue weighted by Gasteiger charge is 2.17. The summed E-state index contributed by atoms with van der Waals surface area (Å²) in [5.74, 6) is -0.746. The highest BCUT2D eigenvalue weighted by Crippen LogP contribution is 2.21. The molecule has 0 spiro atoms. The van der Waals surface area contributed by atoms with Gasteiger partial charge in [-0.2, -0.15) is 0 Å². The molecule has 0 radical (unpaired) electrons. The number of nitrogens with zero attached hydrogens (tertiary/aromatic N) is 1. The number of carbonyl (C=O) groups is 2. The molecule has 0 saturated heterocycles. The van der Waals surface area contributed by atoms with Gasteiger partial charge in [-0.3, -0.25) is 9.59 Å². The number of alkyl halides is 1. The van der Waals surface area contributed by atoms with E-state index in [-0.39, 0.29) is 17.7 Å². The van der Waals surface area contributed by atoms with Crippen molar-refractivity contribution in [3.05, 3.63) is 59.1 Å². The summed E-state index contributed by atoms with van der Waals surface area (Å²) in [6, 6.07) is 13.6. The van der Waals surface area contributed by atoms with Crippen LogP contribution in [0.1, 0.15) is 10.4 Å². The van der Waals surface area contributed by atoms with Crippen LogP contribution in [0, 0.1) is 0 Å². The third-order valence-electron chi connectivity index (χ3n) is 3.10. The number of halogens is 2. The second-order valence-corrected chi connectivity index (χ2v) is 5.27. The third-order valence-corrected chi connectivity index (χ3v) is 3.58. The minimum Gasteiger partial charge on any atom is -0.322 e. The zero-order chi connectivity index (χ0) is 16.1. The van der Waals surface area contributed by atoms with Crippen LogP contribution in [-0.2, 0) is 4.79 Å². The first-order valence-electron chi connectivity index (χ1n) is 6.51. The number of anilines is 2. The molecular formula is C16H14Cl2N2O2. The highest BCUT2D eigenvalue weighted by molar-refractivity contribution is 6.30. The number of rotatable bonds is 4. The van der Waals surface area contributed by atoms with Gasteiger partial charge in [-0.25, -0.2) is 0 Å². The Labute approximate surface area is 138 Å². The number of nitrogens with one attached hydrogen (secondary N) is 1. The van der Waals surface area contributed by atoms with E-state index in [1.165, 1.54) is 4.90 Å². The first kappa shape index (κ1) is 16.3. The van der Waals surface area contributed by atoms with Crippen LogP contribution < -0.4 is 10.2 Å². The Morgan fingerprint density at radius 3 is 2.36 bits per heavy atom. The van der Waals surface area contributed by atoms with Gasteiger partial charge >= 0.3 is 0 Å². The maximum Gasteiger partial charge on any atom is 0.257 e. The lowest BCUT2D eigenvalue weighted by Gasteiger charge is -2.19. The van der Waals surface area contributed by atoms with Gasteiger partial charge in [-0.05, 0) is 36.4 Å². The molecular weight excluding hydrogens is 323 g/mol. The van der Waals surface area contributed by atoms with Crippen molar-refractivity contribution in [3.8, 4) is 0 Å². The molecule has 2 aromatic rings. The average molecular weight is 337 g/mol. The van der Waals surface area contributed by atoms with Crippen molar-refractivity contribution in [2.24, 2.45) is 0 Å². The van der Waals surface area contributed by atoms with Gasteiger partial charge < -0.3 is 10.2 Å². The predicted molar refractivity (Wildman–Crippen MR) is 90.0 cm³/mol. The van der Waals surface area contributed by atoms with Gasteiger partial charge in [-0.1, -0.05) is 23.7 Å². The van der Waals surface area contributed by atoms with Crippen molar-refractivity contribution < 1.29 is 9.59 Å². The summed E-state index contributed by atoms with van der Waals surface area (Å²) in [5.41, 5.74) is 1.51. The zero-order valence-corrected chi connectivity index (χ0v) is 13.4. The van der Waals surface area contributed by atoms with Crippen molar-refractivity contribution >= 4 is 46.4 Å². The van der Waals surface area contributed by atoms with E-state index in [1.54, 1.807) is 55.6 Å². The van der Waals surface area contributed by atoms with Gasteiger partial charge in [0.05, 0.1) is 11.3 Å². The van der Waals surface area contributed by atoms with Gasteiger partial charge in [0.25, 0.3) is 5.91 Å². The van der Waals surface area contributed by atoms with Crippen LogP contribution in [0.25, 0.3) is 0 Å². The van der Waals surface area contributed by atoms with Crippen molar-refractivity contribution in [2.75, 3.05) is 23.1 Å². The fourth-order valence-corrected chi connectivity index (χ4v) is 2.22. The SMILES string of the molecule is CN(C(=O)CCl)c1ccccc1C(=O)Nc1ccc(Cl)cc1. The lowest BCUT2D eigenvalue weighted by molar-refractivity contribution is -0.116. The summed E-state index contributed by atoms with van der Waals surface area (Å²) >= 11 is 11.4. The summed E-state index contributed by atoms with van der Waals surface area (Å²) in [4.78, 5) is 25.5. The quantitative estimate of drug-likeness (QED) is 0.863. The standard InChI is InChI=1S/C16H14Cl2N2O2/c1-20(15(21)10-17)14-5-3-2-4-13(14)16(22)19-12-8-6-11(18)7-9-12/h2-9H,10H2,1H3,(H,19,22). The smallest absolute Gasteiger partial charge is 0.257 e. The van der Waals surface area contributed by atoms with E-state index >= 15 is 0 Å². The van der Waals surface area contributed by atoms with Crippen LogP contribution >= 0.6 is 23.2 Å². The summed E-state index contributed by atoms with van der Waals surface area (Å²) < 4.78 is 0. The summed E-state index contributed by atoms with van der Waals surface area (Å²) in [5, 5.41) is 3.36. The molecule has 2 amide bonds. The van der Waals surface area contributed by atoms with Crippen LogP contribution in [0.5, 0.6) is 0 Å². The first-order chi connectivity index (χ1) is 10.5. The van der Waals surface area contributed by atoms with Gasteiger partial charge in [-0.15, -0.1) is 11.6 Å². The van der Waals surface area contributed by atoms with Crippen LogP contribution in [0.15, 0.2) is 48.5 Å². The maximum atomic E-state index is 12.4. The number of hydrogen-bond acceptors (Lipinski definition) is 2. The third kappa shape index (κ3) is 3.78. The van der Waals surface area contributed by atoms with Crippen molar-refractivity contribution in [2.45, 2.75) is 0 Å². The van der Waals surface area contributed by atoms with E-state index in [4.69, 9.17) is 23.2 Å². The van der Waals surface area contributed by atoms with Crippen molar-refractivity contribution in [1.29, 1.82) is 0 Å². The van der Waals surface area contributed by atoms with E-state index in [0.29, 0.717) is 22.0 Å². The number of para-hydroxylation sites is 1. The Balaban J connectivity index is 2.26. The van der Waals surface area contributed by atoms with Crippen LogP contribution in [0.3, 0.4) is 0 Å². The maximum absolute atomic E-state index is 12.4. The van der Waals surface area contributed by atoms with E-state index in [1.807, 2.05) is 0 Å². The molecule has 22 heavy (non-hydrogen) atoms. The van der Waals surface area contributed by atoms with E-state index in [0.717, 1.165) is 0 Å². The monoisotopic (exact) mass is 336 g/mol. The highest BCUT2D eigenvalue weighted by atomic mass is 35.5. The average Bonchev–Trinajstić information content (AvgIpc) is 2.55.